The number of rotatable bonds is 20. The minimum Gasteiger partial charge on any atom is -0.508 e. The highest BCUT2D eigenvalue weighted by molar-refractivity contribution is 6.01. The first kappa shape index (κ1) is 35.2. The Hall–Kier alpha value is -1.99. The predicted molar refractivity (Wildman–Crippen MR) is 151 cm³/mol. The summed E-state index contributed by atoms with van der Waals surface area (Å²) >= 11 is 0. The first-order valence-corrected chi connectivity index (χ1v) is 15.0. The molecule has 1 aliphatic rings. The van der Waals surface area contributed by atoms with Gasteiger partial charge in [0.1, 0.15) is 47.2 Å². The zero-order chi connectivity index (χ0) is 30.4. The first-order chi connectivity index (χ1) is 19.6. The largest absolute Gasteiger partial charge is 0.508 e. The van der Waals surface area contributed by atoms with Gasteiger partial charge in [0.15, 0.2) is 12.1 Å². The molecule has 7 atom stereocenters. The SMILES string of the molecule is CCCC[C@H](O)C[C@H](CCCCCCCCCCC(=O)c1c(O)cc(O)cc1O)O[C@H]1O[C@H](CO)[C@@H](O)[C@H](O)[C@@H]1O. The van der Waals surface area contributed by atoms with Gasteiger partial charge in [-0.15, -0.1) is 0 Å². The van der Waals surface area contributed by atoms with Crippen LogP contribution in [-0.2, 0) is 9.47 Å². The van der Waals surface area contributed by atoms with E-state index in [9.17, 15) is 45.6 Å². The molecule has 0 unspecified atom stereocenters. The average molecular weight is 587 g/mol. The number of Topliss-reactive ketones (excluding diaryl/α,β-unsaturated/α-hetero) is 1. The van der Waals surface area contributed by atoms with E-state index in [4.69, 9.17) is 9.47 Å². The molecule has 41 heavy (non-hydrogen) atoms. The summed E-state index contributed by atoms with van der Waals surface area (Å²) in [5.74, 6) is -1.52. The Bertz CT molecular complexity index is 870. The van der Waals surface area contributed by atoms with E-state index in [2.05, 4.69) is 0 Å². The smallest absolute Gasteiger partial charge is 0.186 e. The molecule has 1 aromatic carbocycles. The third-order valence-corrected chi connectivity index (χ3v) is 7.64. The van der Waals surface area contributed by atoms with Gasteiger partial charge in [-0.05, 0) is 25.7 Å². The number of phenolic OH excluding ortho intramolecular Hbond substituents is 3. The topological polar surface area (TPSA) is 197 Å². The van der Waals surface area contributed by atoms with Gasteiger partial charge in [-0.2, -0.15) is 0 Å². The van der Waals surface area contributed by atoms with Gasteiger partial charge in [-0.1, -0.05) is 64.7 Å². The monoisotopic (exact) mass is 586 g/mol. The normalized spacial score (nSPS) is 24.3. The standard InChI is InChI=1S/C30H50O11/c1-2-3-12-19(32)15-21(40-30-29(39)28(38)27(37)25(18-31)41-30)13-10-8-6-4-5-7-9-11-14-22(34)26-23(35)16-20(33)17-24(26)36/h16-17,19,21,25,27-33,35-39H,2-15,18H2,1H3/t19-,21-,25+,27+,28-,29-,30-/m0/s1. The lowest BCUT2D eigenvalue weighted by Gasteiger charge is -2.41. The van der Waals surface area contributed by atoms with Crippen LogP contribution in [0.3, 0.4) is 0 Å². The molecule has 0 amide bonds. The molecule has 0 saturated carbocycles. The van der Waals surface area contributed by atoms with Gasteiger partial charge >= 0.3 is 0 Å². The number of benzene rings is 1. The van der Waals surface area contributed by atoms with E-state index < -0.39 is 61.0 Å². The fraction of sp³-hybridized carbons (Fsp3) is 0.767. The molecule has 236 valence electrons. The first-order valence-electron chi connectivity index (χ1n) is 15.0. The molecule has 1 heterocycles. The summed E-state index contributed by atoms with van der Waals surface area (Å²) in [5.41, 5.74) is -0.158. The van der Waals surface area contributed by atoms with E-state index in [1.165, 1.54) is 0 Å². The summed E-state index contributed by atoms with van der Waals surface area (Å²) in [7, 11) is 0. The van der Waals surface area contributed by atoms with Gasteiger partial charge in [0.25, 0.3) is 0 Å². The number of phenols is 3. The van der Waals surface area contributed by atoms with Crippen LogP contribution in [0.25, 0.3) is 0 Å². The quantitative estimate of drug-likeness (QED) is 0.0825. The number of ketones is 1. The number of carbonyl (C=O) groups is 1. The Morgan fingerprint density at radius 2 is 1.44 bits per heavy atom. The Morgan fingerprint density at radius 1 is 0.854 bits per heavy atom. The summed E-state index contributed by atoms with van der Waals surface area (Å²) in [5, 5.41) is 79.3. The van der Waals surface area contributed by atoms with Crippen LogP contribution in [0.5, 0.6) is 17.2 Å². The van der Waals surface area contributed by atoms with Crippen LogP contribution < -0.4 is 0 Å². The van der Waals surface area contributed by atoms with Crippen molar-refractivity contribution < 1.29 is 55.1 Å². The maximum atomic E-state index is 12.3. The van der Waals surface area contributed by atoms with Crippen molar-refractivity contribution >= 4 is 5.78 Å². The lowest BCUT2D eigenvalue weighted by Crippen LogP contribution is -2.59. The molecule has 0 radical (unpaired) electrons. The van der Waals surface area contributed by atoms with Crippen LogP contribution in [0.1, 0.15) is 107 Å². The number of hydrogen-bond acceptors (Lipinski definition) is 11. The molecule has 1 fully saturated rings. The number of unbranched alkanes of at least 4 members (excludes halogenated alkanes) is 8. The summed E-state index contributed by atoms with van der Waals surface area (Å²) in [6, 6.07) is 2.07. The van der Waals surface area contributed by atoms with E-state index in [0.717, 1.165) is 69.9 Å². The Balaban J connectivity index is 1.69. The molecule has 8 N–H and O–H groups in total. The maximum Gasteiger partial charge on any atom is 0.186 e. The van der Waals surface area contributed by atoms with Crippen LogP contribution in [0.2, 0.25) is 0 Å². The molecule has 2 rings (SSSR count). The average Bonchev–Trinajstić information content (AvgIpc) is 2.92. The van der Waals surface area contributed by atoms with Gasteiger partial charge in [-0.3, -0.25) is 4.79 Å². The minimum absolute atomic E-state index is 0.158. The summed E-state index contributed by atoms with van der Waals surface area (Å²) < 4.78 is 11.5. The third-order valence-electron chi connectivity index (χ3n) is 7.64. The van der Waals surface area contributed by atoms with Crippen LogP contribution in [0, 0.1) is 0 Å². The molecule has 0 aliphatic carbocycles. The Morgan fingerprint density at radius 3 is 2.02 bits per heavy atom. The van der Waals surface area contributed by atoms with E-state index in [1.807, 2.05) is 6.92 Å². The van der Waals surface area contributed by atoms with Crippen LogP contribution in [-0.4, -0.2) is 96.2 Å². The van der Waals surface area contributed by atoms with Gasteiger partial charge in [0, 0.05) is 18.6 Å². The molecule has 0 bridgehead atoms. The number of aliphatic hydroxyl groups excluding tert-OH is 5. The lowest BCUT2D eigenvalue weighted by molar-refractivity contribution is -0.313. The van der Waals surface area contributed by atoms with Crippen LogP contribution in [0.15, 0.2) is 12.1 Å². The summed E-state index contributed by atoms with van der Waals surface area (Å²) in [6.45, 7) is 1.51. The van der Waals surface area contributed by atoms with Gasteiger partial charge < -0.3 is 50.3 Å². The summed E-state index contributed by atoms with van der Waals surface area (Å²) in [6.07, 6.45) is 3.17. The number of hydrogen-bond donors (Lipinski definition) is 8. The molecule has 0 spiro atoms. The zero-order valence-electron chi connectivity index (χ0n) is 24.1. The lowest BCUT2D eigenvalue weighted by atomic mass is 9.98. The second-order valence-electron chi connectivity index (χ2n) is 11.1. The highest BCUT2D eigenvalue weighted by atomic mass is 16.7. The second kappa shape index (κ2) is 18.5. The highest BCUT2D eigenvalue weighted by Crippen LogP contribution is 2.33. The molecular formula is C30H50O11. The Labute approximate surface area is 242 Å². The molecule has 0 aromatic heterocycles. The zero-order valence-corrected chi connectivity index (χ0v) is 24.1. The van der Waals surface area contributed by atoms with Gasteiger partial charge in [0.05, 0.1) is 18.8 Å². The third kappa shape index (κ3) is 11.7. The summed E-state index contributed by atoms with van der Waals surface area (Å²) in [4.78, 5) is 12.3. The highest BCUT2D eigenvalue weighted by Gasteiger charge is 2.44. The fourth-order valence-electron chi connectivity index (χ4n) is 5.20. The maximum absolute atomic E-state index is 12.3. The number of aliphatic hydroxyl groups is 5. The van der Waals surface area contributed by atoms with E-state index in [1.54, 1.807) is 0 Å². The van der Waals surface area contributed by atoms with Crippen molar-refractivity contribution in [2.24, 2.45) is 0 Å². The van der Waals surface area contributed by atoms with Crippen molar-refractivity contribution in [3.63, 3.8) is 0 Å². The number of ether oxygens (including phenoxy) is 2. The molecule has 1 aliphatic heterocycles. The van der Waals surface area contributed by atoms with Crippen molar-refractivity contribution in [1.29, 1.82) is 0 Å². The van der Waals surface area contributed by atoms with E-state index >= 15 is 0 Å². The van der Waals surface area contributed by atoms with Crippen molar-refractivity contribution in [2.45, 2.75) is 140 Å². The number of aromatic hydroxyl groups is 3. The van der Waals surface area contributed by atoms with E-state index in [-0.39, 0.29) is 23.5 Å². The fourth-order valence-corrected chi connectivity index (χ4v) is 5.20. The van der Waals surface area contributed by atoms with Crippen LogP contribution >= 0.6 is 0 Å². The van der Waals surface area contributed by atoms with Crippen molar-refractivity contribution in [3.8, 4) is 17.2 Å². The molecule has 1 aromatic rings. The van der Waals surface area contributed by atoms with Crippen LogP contribution in [0.4, 0.5) is 0 Å². The Kier molecular flexibility index (Phi) is 15.9. The second-order valence-corrected chi connectivity index (χ2v) is 11.1. The molecule has 11 heteroatoms. The number of carbonyl (C=O) groups excluding carboxylic acids is 1. The predicted octanol–water partition coefficient (Wildman–Crippen LogP) is 3.01. The van der Waals surface area contributed by atoms with Gasteiger partial charge in [-0.25, -0.2) is 0 Å². The van der Waals surface area contributed by atoms with Crippen molar-refractivity contribution in [3.05, 3.63) is 17.7 Å². The van der Waals surface area contributed by atoms with Gasteiger partial charge in [0.2, 0.25) is 0 Å². The van der Waals surface area contributed by atoms with Crippen molar-refractivity contribution in [2.75, 3.05) is 6.61 Å². The molecule has 11 nitrogen and oxygen atoms in total. The molecule has 1 saturated heterocycles. The van der Waals surface area contributed by atoms with E-state index in [0.29, 0.717) is 25.7 Å². The molecular weight excluding hydrogens is 536 g/mol. The van der Waals surface area contributed by atoms with Crippen molar-refractivity contribution in [1.82, 2.24) is 0 Å². The minimum atomic E-state index is -1.51.